The Balaban J connectivity index is 2.28. The molecule has 0 radical (unpaired) electrons. The first kappa shape index (κ1) is 26.9. The Morgan fingerprint density at radius 3 is 2.43 bits per heavy atom. The minimum absolute atomic E-state index is 0.0470. The SMILES string of the molecule is CO[P+](=O)C(C#CC(C)C)(C(=O)O)C(O)(Cc1ccc(F)cc1)c1cccc(C2CCCCC2)n1. The van der Waals surface area contributed by atoms with Crippen molar-refractivity contribution < 1.29 is 28.5 Å². The molecule has 8 heteroatoms. The maximum Gasteiger partial charge on any atom is 0.543 e. The number of halogens is 1. The molecule has 3 rings (SSSR count). The topological polar surface area (TPSA) is 96.7 Å². The monoisotopic (exact) mass is 500 g/mol. The summed E-state index contributed by atoms with van der Waals surface area (Å²) in [6.45, 7) is 3.53. The van der Waals surface area contributed by atoms with Crippen molar-refractivity contribution in [2.45, 2.75) is 69.0 Å². The van der Waals surface area contributed by atoms with Crippen molar-refractivity contribution in [3.63, 3.8) is 0 Å². The summed E-state index contributed by atoms with van der Waals surface area (Å²) in [6, 6.07) is 10.5. The largest absolute Gasteiger partial charge is 0.543 e. The zero-order chi connectivity index (χ0) is 25.6. The first-order valence-corrected chi connectivity index (χ1v) is 13.0. The highest BCUT2D eigenvalue weighted by Crippen LogP contribution is 2.53. The highest BCUT2D eigenvalue weighted by Gasteiger charge is 2.72. The minimum Gasteiger partial charge on any atom is -0.477 e. The van der Waals surface area contributed by atoms with E-state index >= 15 is 0 Å². The molecular formula is C27H32FNO5P+. The highest BCUT2D eigenvalue weighted by molar-refractivity contribution is 7.43. The van der Waals surface area contributed by atoms with Crippen LogP contribution in [0.15, 0.2) is 42.5 Å². The second-order valence-electron chi connectivity index (χ2n) is 9.33. The predicted octanol–water partition coefficient (Wildman–Crippen LogP) is 5.57. The molecule has 6 nitrogen and oxygen atoms in total. The van der Waals surface area contributed by atoms with Gasteiger partial charge in [0.25, 0.3) is 0 Å². The average Bonchev–Trinajstić information content (AvgIpc) is 2.85. The van der Waals surface area contributed by atoms with Gasteiger partial charge in [-0.05, 0) is 53.2 Å². The summed E-state index contributed by atoms with van der Waals surface area (Å²) in [6.07, 6.45) is 4.91. The first-order valence-electron chi connectivity index (χ1n) is 11.9. The van der Waals surface area contributed by atoms with Crippen LogP contribution in [0, 0.1) is 23.6 Å². The third-order valence-corrected chi connectivity index (χ3v) is 8.03. The van der Waals surface area contributed by atoms with E-state index in [9.17, 15) is 24.0 Å². The van der Waals surface area contributed by atoms with Gasteiger partial charge in [0.2, 0.25) is 0 Å². The fraction of sp³-hybridized carbons (Fsp3) is 0.481. The van der Waals surface area contributed by atoms with E-state index in [2.05, 4.69) is 11.8 Å². The number of carbonyl (C=O) groups is 1. The van der Waals surface area contributed by atoms with Gasteiger partial charge in [-0.15, -0.1) is 4.52 Å². The van der Waals surface area contributed by atoms with Gasteiger partial charge in [-0.2, -0.15) is 0 Å². The predicted molar refractivity (Wildman–Crippen MR) is 132 cm³/mol. The Labute approximate surface area is 206 Å². The Hall–Kier alpha value is -2.65. The van der Waals surface area contributed by atoms with Crippen LogP contribution in [0.25, 0.3) is 0 Å². The van der Waals surface area contributed by atoms with Crippen molar-refractivity contribution in [2.75, 3.05) is 7.11 Å². The first-order chi connectivity index (χ1) is 16.6. The normalized spacial score (nSPS) is 18.2. The summed E-state index contributed by atoms with van der Waals surface area (Å²) in [5.41, 5.74) is -1.10. The van der Waals surface area contributed by atoms with Gasteiger partial charge >= 0.3 is 19.2 Å². The Kier molecular flexibility index (Phi) is 8.77. The molecule has 35 heavy (non-hydrogen) atoms. The standard InChI is InChI=1S/C27H31FNO5P/c1-19(2)16-17-27(25(30)31,35(33)34-3)26(32,18-20-12-14-22(28)15-13-20)24-11-7-10-23(29-24)21-8-5-4-6-9-21/h7,10-15,19,21,32H,4-6,8-9,18H2,1-3H3/p+1. The molecule has 1 aromatic carbocycles. The van der Waals surface area contributed by atoms with Gasteiger partial charge in [-0.1, -0.05) is 57.2 Å². The van der Waals surface area contributed by atoms with E-state index in [0.717, 1.165) is 44.9 Å². The molecule has 3 atom stereocenters. The number of aliphatic hydroxyl groups is 1. The van der Waals surface area contributed by atoms with Crippen molar-refractivity contribution in [1.82, 2.24) is 4.98 Å². The third-order valence-electron chi connectivity index (χ3n) is 6.48. The molecule has 2 N–H and O–H groups in total. The molecule has 2 aromatic rings. The molecule has 0 amide bonds. The second-order valence-corrected chi connectivity index (χ2v) is 10.9. The van der Waals surface area contributed by atoms with Crippen LogP contribution in [-0.2, 0) is 25.9 Å². The molecule has 0 spiro atoms. The number of carboxylic acids is 1. The number of aliphatic carboxylic acids is 1. The lowest BCUT2D eigenvalue weighted by molar-refractivity contribution is -0.146. The zero-order valence-electron chi connectivity index (χ0n) is 20.3. The fourth-order valence-corrected chi connectivity index (χ4v) is 5.68. The number of carboxylic acid groups (broad SMARTS) is 1. The molecule has 1 aliphatic carbocycles. The van der Waals surface area contributed by atoms with Crippen LogP contribution in [-0.4, -0.2) is 33.4 Å². The van der Waals surface area contributed by atoms with Crippen molar-refractivity contribution in [3.8, 4) is 11.8 Å². The summed E-state index contributed by atoms with van der Waals surface area (Å²) in [7, 11) is -1.90. The number of nitrogens with zero attached hydrogens (tertiary/aromatic N) is 1. The van der Waals surface area contributed by atoms with E-state index in [4.69, 9.17) is 9.51 Å². The highest BCUT2D eigenvalue weighted by atomic mass is 31.1. The molecule has 1 aliphatic rings. The molecular weight excluding hydrogens is 468 g/mol. The van der Waals surface area contributed by atoms with Crippen LogP contribution >= 0.6 is 8.03 Å². The number of aromatic nitrogens is 1. The Morgan fingerprint density at radius 2 is 1.86 bits per heavy atom. The summed E-state index contributed by atoms with van der Waals surface area (Å²) < 4.78 is 32.0. The van der Waals surface area contributed by atoms with Crippen LogP contribution < -0.4 is 0 Å². The number of hydrogen-bond donors (Lipinski definition) is 2. The third kappa shape index (κ3) is 5.62. The van der Waals surface area contributed by atoms with Crippen molar-refractivity contribution >= 4 is 14.0 Å². The lowest BCUT2D eigenvalue weighted by atomic mass is 9.77. The van der Waals surface area contributed by atoms with Gasteiger partial charge in [-0.3, -0.25) is 4.98 Å². The van der Waals surface area contributed by atoms with E-state index < -0.39 is 30.6 Å². The number of hydrogen-bond acceptors (Lipinski definition) is 5. The van der Waals surface area contributed by atoms with Crippen molar-refractivity contribution in [3.05, 3.63) is 65.2 Å². The molecule has 0 saturated heterocycles. The summed E-state index contributed by atoms with van der Waals surface area (Å²) in [4.78, 5) is 17.6. The van der Waals surface area contributed by atoms with Crippen LogP contribution in [0.4, 0.5) is 4.39 Å². The quantitative estimate of drug-likeness (QED) is 0.363. The van der Waals surface area contributed by atoms with E-state index in [-0.39, 0.29) is 24.0 Å². The molecule has 1 saturated carbocycles. The fourth-order valence-electron chi connectivity index (χ4n) is 4.60. The average molecular weight is 501 g/mol. The van der Waals surface area contributed by atoms with Crippen LogP contribution in [0.3, 0.4) is 0 Å². The van der Waals surface area contributed by atoms with Gasteiger partial charge in [0.15, 0.2) is 5.60 Å². The molecule has 3 unspecified atom stereocenters. The Bertz CT molecular complexity index is 1120. The number of benzene rings is 1. The van der Waals surface area contributed by atoms with E-state index in [1.165, 1.54) is 30.3 Å². The molecule has 1 heterocycles. The maximum atomic E-state index is 13.6. The van der Waals surface area contributed by atoms with Gasteiger partial charge < -0.3 is 10.2 Å². The van der Waals surface area contributed by atoms with Gasteiger partial charge in [0.1, 0.15) is 5.82 Å². The smallest absolute Gasteiger partial charge is 0.477 e. The second kappa shape index (κ2) is 11.4. The van der Waals surface area contributed by atoms with Gasteiger partial charge in [-0.25, -0.2) is 9.18 Å². The van der Waals surface area contributed by atoms with Gasteiger partial charge in [0.05, 0.1) is 12.8 Å². The van der Waals surface area contributed by atoms with E-state index in [0.29, 0.717) is 5.56 Å². The summed E-state index contributed by atoms with van der Waals surface area (Å²) in [5.74, 6) is 3.30. The summed E-state index contributed by atoms with van der Waals surface area (Å²) >= 11 is 0. The maximum absolute atomic E-state index is 13.6. The summed E-state index contributed by atoms with van der Waals surface area (Å²) in [5, 5.41) is 20.3. The van der Waals surface area contributed by atoms with Crippen LogP contribution in [0.2, 0.25) is 0 Å². The number of rotatable bonds is 8. The lowest BCUT2D eigenvalue weighted by Gasteiger charge is -2.33. The lowest BCUT2D eigenvalue weighted by Crippen LogP contribution is -2.56. The van der Waals surface area contributed by atoms with Crippen molar-refractivity contribution in [1.29, 1.82) is 0 Å². The zero-order valence-corrected chi connectivity index (χ0v) is 21.2. The molecule has 186 valence electrons. The molecule has 0 aliphatic heterocycles. The van der Waals surface area contributed by atoms with Crippen molar-refractivity contribution in [2.24, 2.45) is 5.92 Å². The number of pyridine rings is 1. The van der Waals surface area contributed by atoms with E-state index in [1.54, 1.807) is 19.9 Å². The van der Waals surface area contributed by atoms with E-state index in [1.807, 2.05) is 6.07 Å². The molecule has 1 aromatic heterocycles. The molecule has 1 fully saturated rings. The van der Waals surface area contributed by atoms with Crippen LogP contribution in [0.1, 0.15) is 68.8 Å². The molecule has 0 bridgehead atoms. The van der Waals surface area contributed by atoms with Gasteiger partial charge in [0, 0.05) is 24.0 Å². The Morgan fingerprint density at radius 1 is 1.20 bits per heavy atom. The minimum atomic E-state index is -3.02. The van der Waals surface area contributed by atoms with Crippen LogP contribution in [0.5, 0.6) is 0 Å².